The van der Waals surface area contributed by atoms with Gasteiger partial charge in [-0.05, 0) is 13.0 Å². The minimum atomic E-state index is -3.39. The quantitative estimate of drug-likeness (QED) is 0.654. The highest BCUT2D eigenvalue weighted by Crippen LogP contribution is 2.33. The number of rotatable bonds is 4. The molecule has 1 aromatic carbocycles. The normalized spacial score (nSPS) is 16.4. The fraction of sp³-hybridized carbons (Fsp3) is 0.444. The number of aryl methyl sites for hydroxylation is 1. The second-order valence-corrected chi connectivity index (χ2v) is 9.25. The van der Waals surface area contributed by atoms with E-state index in [-0.39, 0.29) is 0 Å². The van der Waals surface area contributed by atoms with Crippen molar-refractivity contribution < 1.29 is 12.8 Å². The molecule has 1 aliphatic rings. The van der Waals surface area contributed by atoms with E-state index in [9.17, 15) is 8.42 Å². The van der Waals surface area contributed by atoms with Crippen molar-refractivity contribution in [1.82, 2.24) is 23.4 Å². The van der Waals surface area contributed by atoms with Gasteiger partial charge in [0.2, 0.25) is 11.8 Å². The number of hydrogen-bond donors (Lipinski definition) is 0. The van der Waals surface area contributed by atoms with Crippen molar-refractivity contribution in [1.29, 1.82) is 0 Å². The molecule has 3 heterocycles. The Bertz CT molecular complexity index is 1110. The van der Waals surface area contributed by atoms with E-state index in [1.54, 1.807) is 14.1 Å². The Labute approximate surface area is 164 Å². The van der Waals surface area contributed by atoms with E-state index in [0.29, 0.717) is 43.7 Å². The fourth-order valence-electron chi connectivity index (χ4n) is 3.53. The summed E-state index contributed by atoms with van der Waals surface area (Å²) in [5.74, 6) is 2.07. The van der Waals surface area contributed by atoms with Crippen molar-refractivity contribution in [3.8, 4) is 11.6 Å². The molecule has 2 aromatic heterocycles. The van der Waals surface area contributed by atoms with Crippen molar-refractivity contribution >= 4 is 27.1 Å². The number of furan rings is 1. The number of piperazine rings is 1. The topological polar surface area (TPSA) is 87.7 Å². The second kappa shape index (κ2) is 6.87. The molecule has 10 heteroatoms. The molecule has 4 rings (SSSR count). The van der Waals surface area contributed by atoms with Gasteiger partial charge in [0.15, 0.2) is 5.76 Å². The minimum Gasteiger partial charge on any atom is -0.452 e. The van der Waals surface area contributed by atoms with Gasteiger partial charge in [0.1, 0.15) is 5.58 Å². The number of para-hydroxylation sites is 1. The number of anilines is 1. The van der Waals surface area contributed by atoms with Crippen molar-refractivity contribution in [2.75, 3.05) is 45.2 Å². The Morgan fingerprint density at radius 2 is 1.75 bits per heavy atom. The largest absolute Gasteiger partial charge is 0.452 e. The number of aromatic nitrogens is 3. The van der Waals surface area contributed by atoms with Crippen LogP contribution in [0.25, 0.3) is 22.6 Å². The van der Waals surface area contributed by atoms with Crippen LogP contribution < -0.4 is 4.90 Å². The molecule has 0 saturated carbocycles. The monoisotopic (exact) mass is 404 g/mol. The zero-order chi connectivity index (χ0) is 20.1. The van der Waals surface area contributed by atoms with Crippen LogP contribution in [0.15, 0.2) is 28.7 Å². The van der Waals surface area contributed by atoms with Crippen LogP contribution in [0.2, 0.25) is 0 Å². The van der Waals surface area contributed by atoms with Crippen LogP contribution in [0, 0.1) is 6.92 Å². The van der Waals surface area contributed by atoms with Crippen LogP contribution >= 0.6 is 0 Å². The third kappa shape index (κ3) is 2.97. The van der Waals surface area contributed by atoms with E-state index in [1.807, 2.05) is 42.8 Å². The Morgan fingerprint density at radius 1 is 1.07 bits per heavy atom. The maximum absolute atomic E-state index is 12.3. The molecule has 0 amide bonds. The highest BCUT2D eigenvalue weighted by atomic mass is 32.2. The average Bonchev–Trinajstić information content (AvgIpc) is 3.22. The fourth-order valence-corrected chi connectivity index (χ4v) is 4.62. The third-order valence-corrected chi connectivity index (χ3v) is 7.15. The number of benzene rings is 1. The van der Waals surface area contributed by atoms with E-state index in [2.05, 4.69) is 15.1 Å². The lowest BCUT2D eigenvalue weighted by Gasteiger charge is -2.35. The summed E-state index contributed by atoms with van der Waals surface area (Å²) >= 11 is 0. The number of hydrogen-bond acceptors (Lipinski definition) is 6. The number of nitrogens with zero attached hydrogens (tertiary/aromatic N) is 6. The van der Waals surface area contributed by atoms with Crippen LogP contribution in [0.4, 0.5) is 5.95 Å². The second-order valence-electron chi connectivity index (χ2n) is 7.11. The highest BCUT2D eigenvalue weighted by Gasteiger charge is 2.30. The van der Waals surface area contributed by atoms with E-state index in [4.69, 9.17) is 4.42 Å². The predicted molar refractivity (Wildman–Crippen MR) is 107 cm³/mol. The van der Waals surface area contributed by atoms with Crippen molar-refractivity contribution in [2.24, 2.45) is 7.05 Å². The first-order valence-electron chi connectivity index (χ1n) is 9.11. The van der Waals surface area contributed by atoms with Crippen molar-refractivity contribution in [2.45, 2.75) is 6.92 Å². The molecule has 9 nitrogen and oxygen atoms in total. The summed E-state index contributed by atoms with van der Waals surface area (Å²) in [6, 6.07) is 7.89. The first kappa shape index (κ1) is 18.9. The van der Waals surface area contributed by atoms with Crippen LogP contribution in [0.3, 0.4) is 0 Å². The molecular formula is C18H24N6O3S. The van der Waals surface area contributed by atoms with Crippen LogP contribution in [-0.2, 0) is 17.3 Å². The van der Waals surface area contributed by atoms with Crippen molar-refractivity contribution in [3.63, 3.8) is 0 Å². The van der Waals surface area contributed by atoms with Gasteiger partial charge in [-0.3, -0.25) is 4.57 Å². The first-order valence-corrected chi connectivity index (χ1v) is 10.5. The smallest absolute Gasteiger partial charge is 0.281 e. The van der Waals surface area contributed by atoms with E-state index in [1.165, 1.54) is 8.61 Å². The van der Waals surface area contributed by atoms with Gasteiger partial charge in [-0.2, -0.15) is 17.0 Å². The molecule has 0 spiro atoms. The maximum atomic E-state index is 12.3. The lowest BCUT2D eigenvalue weighted by atomic mass is 10.1. The molecule has 1 saturated heterocycles. The van der Waals surface area contributed by atoms with Gasteiger partial charge in [-0.1, -0.05) is 18.2 Å². The molecule has 0 atom stereocenters. The standard InChI is InChI=1S/C18H24N6O3S/c1-13-14-7-5-6-8-15(14)27-16(13)17-19-20-18(22(17)4)23-9-11-24(12-10-23)28(25,26)21(2)3/h5-8H,9-12H2,1-4H3. The Balaban J connectivity index is 1.59. The van der Waals surface area contributed by atoms with Gasteiger partial charge >= 0.3 is 0 Å². The van der Waals surface area contributed by atoms with Crippen LogP contribution in [0.1, 0.15) is 5.56 Å². The van der Waals surface area contributed by atoms with Crippen LogP contribution in [0.5, 0.6) is 0 Å². The molecule has 150 valence electrons. The maximum Gasteiger partial charge on any atom is 0.281 e. The van der Waals surface area contributed by atoms with E-state index in [0.717, 1.165) is 16.5 Å². The zero-order valence-electron chi connectivity index (χ0n) is 16.5. The Kier molecular flexibility index (Phi) is 4.64. The average molecular weight is 404 g/mol. The summed E-state index contributed by atoms with van der Waals surface area (Å²) in [5, 5.41) is 9.76. The molecule has 3 aromatic rings. The van der Waals surface area contributed by atoms with E-state index < -0.39 is 10.2 Å². The highest BCUT2D eigenvalue weighted by molar-refractivity contribution is 7.86. The predicted octanol–water partition coefficient (Wildman–Crippen LogP) is 1.47. The summed E-state index contributed by atoms with van der Waals surface area (Å²) in [4.78, 5) is 2.05. The lowest BCUT2D eigenvalue weighted by molar-refractivity contribution is 0.353. The van der Waals surface area contributed by atoms with Crippen molar-refractivity contribution in [3.05, 3.63) is 29.8 Å². The zero-order valence-corrected chi connectivity index (χ0v) is 17.3. The summed E-state index contributed by atoms with van der Waals surface area (Å²) < 4.78 is 35.2. The summed E-state index contributed by atoms with van der Waals surface area (Å²) in [6.45, 7) is 3.94. The van der Waals surface area contributed by atoms with Gasteiger partial charge < -0.3 is 9.32 Å². The van der Waals surface area contributed by atoms with Gasteiger partial charge in [-0.15, -0.1) is 10.2 Å². The minimum absolute atomic E-state index is 0.409. The molecule has 0 N–H and O–H groups in total. The summed E-state index contributed by atoms with van der Waals surface area (Å²) in [5.41, 5.74) is 1.85. The molecule has 1 fully saturated rings. The molecular weight excluding hydrogens is 380 g/mol. The molecule has 0 bridgehead atoms. The number of fused-ring (bicyclic) bond motifs is 1. The lowest BCUT2D eigenvalue weighted by Crippen LogP contribution is -2.52. The Hall–Kier alpha value is -2.43. The third-order valence-electron chi connectivity index (χ3n) is 5.21. The Morgan fingerprint density at radius 3 is 2.39 bits per heavy atom. The molecule has 1 aliphatic heterocycles. The van der Waals surface area contributed by atoms with E-state index >= 15 is 0 Å². The summed E-state index contributed by atoms with van der Waals surface area (Å²) in [7, 11) is 1.61. The van der Waals surface area contributed by atoms with Gasteiger partial charge in [-0.25, -0.2) is 0 Å². The molecule has 0 unspecified atom stereocenters. The van der Waals surface area contributed by atoms with Gasteiger partial charge in [0.25, 0.3) is 10.2 Å². The van der Waals surface area contributed by atoms with Crippen LogP contribution in [-0.4, -0.2) is 72.1 Å². The molecule has 0 radical (unpaired) electrons. The molecule has 28 heavy (non-hydrogen) atoms. The molecule has 0 aliphatic carbocycles. The SMILES string of the molecule is Cc1c(-c2nnc(N3CCN(S(=O)(=O)N(C)C)CC3)n2C)oc2ccccc12. The summed E-state index contributed by atoms with van der Waals surface area (Å²) in [6.07, 6.45) is 0. The first-order chi connectivity index (χ1) is 13.3. The van der Waals surface area contributed by atoms with Gasteiger partial charge in [0, 0.05) is 58.3 Å². The van der Waals surface area contributed by atoms with Gasteiger partial charge in [0.05, 0.1) is 0 Å².